The van der Waals surface area contributed by atoms with E-state index in [0.717, 1.165) is 257 Å². The Morgan fingerprint density at radius 3 is 0.432 bits per heavy atom. The van der Waals surface area contributed by atoms with E-state index in [4.69, 9.17) is 56.8 Å². The van der Waals surface area contributed by atoms with Gasteiger partial charge in [0.25, 0.3) is 0 Å². The van der Waals surface area contributed by atoms with Crippen LogP contribution in [0.3, 0.4) is 0 Å². The maximum Gasteiger partial charge on any atom is 0.323 e. The fourth-order valence-corrected chi connectivity index (χ4v) is 18.1. The highest BCUT2D eigenvalue weighted by Crippen LogP contribution is 2.45. The van der Waals surface area contributed by atoms with E-state index in [2.05, 4.69) is 95.2 Å². The van der Waals surface area contributed by atoms with Gasteiger partial charge in [-0.15, -0.1) is 52.6 Å². The maximum absolute atomic E-state index is 15.2. The Bertz CT molecular complexity index is 4540. The molecule has 0 spiro atoms. The topological polar surface area (TPSA) is 275 Å². The molecular weight excluding hydrogens is 1860 g/mol. The molecule has 0 saturated heterocycles. The quantitative estimate of drug-likeness (QED) is 0.0130. The molecule has 8 aromatic rings. The number of fused-ring (bicyclic) bond motifs is 8. The average molecular weight is 2030 g/mol. The number of anilines is 8. The molecule has 1 aliphatic carbocycles. The predicted octanol–water partition coefficient (Wildman–Crippen LogP) is 33.1. The number of benzene rings is 8. The van der Waals surface area contributed by atoms with Crippen molar-refractivity contribution in [3.8, 4) is 69.0 Å². The number of nitrogens with one attached hydrogen (secondary N) is 8. The summed E-state index contributed by atoms with van der Waals surface area (Å²) in [5.41, 5.74) is 8.05. The van der Waals surface area contributed by atoms with E-state index in [1.807, 2.05) is 121 Å². The highest BCUT2D eigenvalue weighted by atomic mass is 16.5. The molecule has 0 aromatic heterocycles. The number of carbonyl (C=O) groups is 4. The lowest BCUT2D eigenvalue weighted by molar-refractivity contribution is 0.261. The van der Waals surface area contributed by atoms with E-state index < -0.39 is 24.1 Å². The molecule has 0 radical (unpaired) electrons. The Hall–Kier alpha value is -13.6. The van der Waals surface area contributed by atoms with Crippen molar-refractivity contribution in [3.63, 3.8) is 0 Å². The molecule has 24 nitrogen and oxygen atoms in total. The molecule has 8 amide bonds. The summed E-state index contributed by atoms with van der Waals surface area (Å²) in [5.74, 6) is 6.17. The van der Waals surface area contributed by atoms with Crippen LogP contribution in [-0.4, -0.2) is 105 Å². The molecule has 0 heterocycles. The predicted molar refractivity (Wildman–Crippen MR) is 610 cm³/mol. The summed E-state index contributed by atoms with van der Waals surface area (Å²) in [6, 6.07) is 34.5. The molecule has 0 atom stereocenters. The first-order valence-electron chi connectivity index (χ1n) is 54.1. The fourth-order valence-electron chi connectivity index (χ4n) is 18.1. The van der Waals surface area contributed by atoms with Gasteiger partial charge in [-0.2, -0.15) is 0 Å². The lowest BCUT2D eigenvalue weighted by atomic mass is 9.90. The molecule has 8 N–H and O–H groups in total. The highest BCUT2D eigenvalue weighted by molar-refractivity contribution is 6.03. The Kier molecular flexibility index (Phi) is 56.0. The number of urea groups is 4. The first-order valence-corrected chi connectivity index (χ1v) is 54.1. The van der Waals surface area contributed by atoms with Gasteiger partial charge < -0.3 is 99.4 Å². The summed E-state index contributed by atoms with van der Waals surface area (Å²) in [6.07, 6.45) is 55.0. The van der Waals surface area contributed by atoms with Gasteiger partial charge in [0.2, 0.25) is 0 Å². The molecule has 0 unspecified atom stereocenters. The number of rotatable bonds is 76. The number of ether oxygens (including phenoxy) is 12. The summed E-state index contributed by atoms with van der Waals surface area (Å²) in [6.45, 7) is 34.9. The summed E-state index contributed by atoms with van der Waals surface area (Å²) < 4.78 is 78.1. The second-order valence-electron chi connectivity index (χ2n) is 37.8. The molecule has 0 fully saturated rings. The Morgan fingerprint density at radius 2 is 0.311 bits per heavy atom. The minimum absolute atomic E-state index is 0.0660. The van der Waals surface area contributed by atoms with Crippen LogP contribution in [0, 0.1) is 0 Å². The lowest BCUT2D eigenvalue weighted by Crippen LogP contribution is -2.21. The molecule has 148 heavy (non-hydrogen) atoms. The van der Waals surface area contributed by atoms with Crippen LogP contribution in [0.15, 0.2) is 223 Å². The summed E-state index contributed by atoms with van der Waals surface area (Å²) in [4.78, 5) is 60.8. The van der Waals surface area contributed by atoms with Crippen LogP contribution in [-0.2, 0) is 25.7 Å². The molecule has 8 bridgehead atoms. The minimum atomic E-state index is -0.569. The van der Waals surface area contributed by atoms with Gasteiger partial charge in [-0.05, 0) is 203 Å². The molecule has 0 saturated carbocycles. The van der Waals surface area contributed by atoms with Gasteiger partial charge >= 0.3 is 24.1 Å². The summed E-state index contributed by atoms with van der Waals surface area (Å²) in [5, 5.41) is 25.4. The molecule has 9 rings (SSSR count). The van der Waals surface area contributed by atoms with Gasteiger partial charge in [0.05, 0.1) is 81.3 Å². The first-order chi connectivity index (χ1) is 72.5. The van der Waals surface area contributed by atoms with Gasteiger partial charge in [-0.1, -0.05) is 151 Å². The van der Waals surface area contributed by atoms with Crippen molar-refractivity contribution >= 4 is 69.6 Å². The second-order valence-corrected chi connectivity index (χ2v) is 37.8. The van der Waals surface area contributed by atoms with E-state index in [0.29, 0.717) is 212 Å². The lowest BCUT2D eigenvalue weighted by Gasteiger charge is -2.23. The third-order valence-corrected chi connectivity index (χ3v) is 25.5. The smallest absolute Gasteiger partial charge is 0.323 e. The largest absolute Gasteiger partial charge is 0.496 e. The minimum Gasteiger partial charge on any atom is -0.496 e. The molecule has 8 aromatic carbocycles. The van der Waals surface area contributed by atoms with Crippen molar-refractivity contribution in [2.24, 2.45) is 0 Å². The van der Waals surface area contributed by atoms with Gasteiger partial charge in [0, 0.05) is 188 Å². The van der Waals surface area contributed by atoms with E-state index >= 15 is 19.2 Å². The van der Waals surface area contributed by atoms with Gasteiger partial charge in [0.15, 0.2) is 0 Å². The maximum atomic E-state index is 15.2. The monoisotopic (exact) mass is 2030 g/mol. The standard InChI is InChI=1S/C124H168N8O16/c1-13-21-29-37-45-53-61-141-109-81-105(82-110(89-109)142-62-54-46-38-30-22-14-2)129-121(133)125-101-73-93-69-95-75-102(126-122(134)130-106-83-111(143-63-55-47-39-31-23-15-3)90-112(84-106)144-64-56-48-40-32-24-16-4)77-97(118(95)138-10)71-99-79-104(128-124(136)132-108-87-115(147-67-59-51-43-35-27-19-7)92-116(88-108)148-68-60-52-44-36-28-20-8)80-100(120(99)140-12)72-98-78-103(76-96(119(98)139-11)70-94(74-101)117(93)137-9)127-123(135)131-107-85-113(145-65-57-49-41-33-25-17-5)91-114(86-107)146-66-58-50-42-34-26-18-6/h13-20,73-92H,1-8,21-72H2,9-12H3,(H2,125,129,133)(H2,126,130,134)(H2,127,131,135)(H2,128,132,136). The SMILES string of the molecule is C=CCCCCCCOc1cc(NC(=O)Nc2cc3c(OC)c(c2)Cc2cc(NC(=O)Nc4cc(OCCCCCCC=C)cc(OCCCCCCC=C)c4)cc(c2OC)Cc2cc(NC(=O)Nc4cc(OCCCCCCC=C)cc(OCCCCCCC=C)c4)cc(c2OC)Cc2cc(NC(=O)Nc4cc(OCCCCCCC=C)cc(OCCCCCCC=C)c4)cc(c2OC)C3)cc(OCCCCCCC=C)c1. The van der Waals surface area contributed by atoms with E-state index in [1.165, 1.54) is 0 Å². The van der Waals surface area contributed by atoms with Crippen LogP contribution in [0.4, 0.5) is 64.7 Å². The van der Waals surface area contributed by atoms with Crippen molar-refractivity contribution in [1.82, 2.24) is 0 Å². The van der Waals surface area contributed by atoms with Crippen LogP contribution in [0.25, 0.3) is 0 Å². The molecular formula is C124H168N8O16. The van der Waals surface area contributed by atoms with Crippen molar-refractivity contribution in [1.29, 1.82) is 0 Å². The Morgan fingerprint density at radius 1 is 0.189 bits per heavy atom. The molecule has 800 valence electrons. The number of methoxy groups -OCH3 is 4. The normalized spacial score (nSPS) is 11.3. The molecule has 1 aliphatic rings. The van der Waals surface area contributed by atoms with Crippen LogP contribution in [0.1, 0.15) is 301 Å². The van der Waals surface area contributed by atoms with Gasteiger partial charge in [-0.25, -0.2) is 19.2 Å². The molecule has 24 heteroatoms. The van der Waals surface area contributed by atoms with Crippen LogP contribution < -0.4 is 99.4 Å². The molecule has 0 aliphatic heterocycles. The van der Waals surface area contributed by atoms with Crippen molar-refractivity contribution in [2.45, 2.75) is 283 Å². The third kappa shape index (κ3) is 44.6. The van der Waals surface area contributed by atoms with Crippen LogP contribution in [0.2, 0.25) is 0 Å². The zero-order valence-corrected chi connectivity index (χ0v) is 89.1. The van der Waals surface area contributed by atoms with Gasteiger partial charge in [-0.3, -0.25) is 0 Å². The number of carbonyl (C=O) groups excluding carboxylic acids is 4. The van der Waals surface area contributed by atoms with E-state index in [-0.39, 0.29) is 25.7 Å². The summed E-state index contributed by atoms with van der Waals surface area (Å²) >= 11 is 0. The zero-order chi connectivity index (χ0) is 105. The number of unbranched alkanes of at least 4 members (excludes halogenated alkanes) is 32. The van der Waals surface area contributed by atoms with E-state index in [9.17, 15) is 0 Å². The number of amides is 8. The van der Waals surface area contributed by atoms with Crippen molar-refractivity contribution < 1.29 is 76.0 Å². The van der Waals surface area contributed by atoms with Crippen molar-refractivity contribution in [2.75, 3.05) is 124 Å². The fraction of sp³-hybridized carbons (Fsp3) is 0.452. The number of allylic oxidation sites excluding steroid dienone is 8. The number of hydrogen-bond acceptors (Lipinski definition) is 16. The Balaban J connectivity index is 1.20. The van der Waals surface area contributed by atoms with E-state index in [1.54, 1.807) is 77.0 Å². The van der Waals surface area contributed by atoms with Crippen LogP contribution >= 0.6 is 0 Å². The Labute approximate surface area is 882 Å². The average Bonchev–Trinajstić information content (AvgIpc) is 0.769. The third-order valence-electron chi connectivity index (χ3n) is 25.5. The first kappa shape index (κ1) is 118. The number of hydrogen-bond donors (Lipinski definition) is 8. The highest BCUT2D eigenvalue weighted by Gasteiger charge is 2.27. The van der Waals surface area contributed by atoms with Crippen molar-refractivity contribution in [3.05, 3.63) is 267 Å². The van der Waals surface area contributed by atoms with Crippen LogP contribution in [0.5, 0.6) is 69.0 Å². The summed E-state index contributed by atoms with van der Waals surface area (Å²) in [7, 11) is 6.41. The second kappa shape index (κ2) is 70.3. The van der Waals surface area contributed by atoms with Gasteiger partial charge in [0.1, 0.15) is 69.0 Å². The zero-order valence-electron chi connectivity index (χ0n) is 89.1.